The Kier molecular flexibility index (Phi) is 5.40. The first-order valence-corrected chi connectivity index (χ1v) is 8.66. The van der Waals surface area contributed by atoms with Crippen LogP contribution in [0.2, 0.25) is 0 Å². The fourth-order valence-corrected chi connectivity index (χ4v) is 2.50. The van der Waals surface area contributed by atoms with Gasteiger partial charge in [-0.3, -0.25) is 14.4 Å². The minimum atomic E-state index is -0.564. The minimum absolute atomic E-state index is 0.00814. The van der Waals surface area contributed by atoms with Crippen molar-refractivity contribution >= 4 is 29.1 Å². The van der Waals surface area contributed by atoms with Crippen LogP contribution in [0, 0.1) is 12.8 Å². The van der Waals surface area contributed by atoms with E-state index >= 15 is 0 Å². The number of aryl methyl sites for hydroxylation is 1. The first-order chi connectivity index (χ1) is 12.9. The molecular formula is C20H21N3O4. The van der Waals surface area contributed by atoms with E-state index in [0.29, 0.717) is 22.7 Å². The second-order valence-corrected chi connectivity index (χ2v) is 6.52. The Balaban J connectivity index is 1.59. The zero-order valence-electron chi connectivity index (χ0n) is 15.0. The zero-order valence-corrected chi connectivity index (χ0v) is 15.0. The molecule has 0 saturated heterocycles. The second-order valence-electron chi connectivity index (χ2n) is 6.52. The summed E-state index contributed by atoms with van der Waals surface area (Å²) < 4.78 is 5.42. The Labute approximate surface area is 156 Å². The van der Waals surface area contributed by atoms with Crippen LogP contribution in [0.4, 0.5) is 11.4 Å². The van der Waals surface area contributed by atoms with Crippen LogP contribution in [0.3, 0.4) is 0 Å². The number of ether oxygens (including phenoxy) is 1. The molecule has 1 saturated carbocycles. The maximum absolute atomic E-state index is 12.2. The van der Waals surface area contributed by atoms with E-state index in [4.69, 9.17) is 10.5 Å². The summed E-state index contributed by atoms with van der Waals surface area (Å²) in [6.45, 7) is 1.64. The topological polar surface area (TPSA) is 111 Å². The molecule has 4 N–H and O–H groups in total. The molecule has 0 radical (unpaired) electrons. The number of nitrogens with one attached hydrogen (secondary N) is 2. The summed E-state index contributed by atoms with van der Waals surface area (Å²) in [7, 11) is 0. The van der Waals surface area contributed by atoms with Crippen LogP contribution in [0.25, 0.3) is 0 Å². The SMILES string of the molecule is Cc1ccc(NC(=O)C2CC2)cc1NC(=O)COc1cccc(C(N)=O)c1. The number of hydrogen-bond acceptors (Lipinski definition) is 4. The lowest BCUT2D eigenvalue weighted by atomic mass is 10.1. The number of benzene rings is 2. The van der Waals surface area contributed by atoms with Gasteiger partial charge >= 0.3 is 0 Å². The van der Waals surface area contributed by atoms with Crippen molar-refractivity contribution in [2.45, 2.75) is 19.8 Å². The van der Waals surface area contributed by atoms with Gasteiger partial charge in [0.1, 0.15) is 5.75 Å². The third-order valence-electron chi connectivity index (χ3n) is 4.22. The van der Waals surface area contributed by atoms with Gasteiger partial charge in [0.05, 0.1) is 0 Å². The molecule has 0 aliphatic heterocycles. The lowest BCUT2D eigenvalue weighted by Crippen LogP contribution is -2.21. The number of rotatable bonds is 7. The van der Waals surface area contributed by atoms with Crippen LogP contribution in [0.1, 0.15) is 28.8 Å². The van der Waals surface area contributed by atoms with Crippen molar-refractivity contribution < 1.29 is 19.1 Å². The molecular weight excluding hydrogens is 346 g/mol. The van der Waals surface area contributed by atoms with E-state index in [1.54, 1.807) is 30.3 Å². The zero-order chi connectivity index (χ0) is 19.4. The van der Waals surface area contributed by atoms with E-state index in [0.717, 1.165) is 18.4 Å². The fraction of sp³-hybridized carbons (Fsp3) is 0.250. The highest BCUT2D eigenvalue weighted by molar-refractivity contribution is 5.97. The number of amides is 3. The van der Waals surface area contributed by atoms with Crippen molar-refractivity contribution in [3.63, 3.8) is 0 Å². The average Bonchev–Trinajstić information content (AvgIpc) is 3.48. The van der Waals surface area contributed by atoms with E-state index in [1.165, 1.54) is 6.07 Å². The van der Waals surface area contributed by atoms with Crippen molar-refractivity contribution in [1.82, 2.24) is 0 Å². The summed E-state index contributed by atoms with van der Waals surface area (Å²) in [6.07, 6.45) is 1.85. The average molecular weight is 367 g/mol. The Bertz CT molecular complexity index is 891. The molecule has 27 heavy (non-hydrogen) atoms. The van der Waals surface area contributed by atoms with Crippen molar-refractivity contribution in [2.24, 2.45) is 11.7 Å². The summed E-state index contributed by atoms with van der Waals surface area (Å²) in [4.78, 5) is 35.3. The first kappa shape index (κ1) is 18.4. The predicted octanol–water partition coefficient (Wildman–Crippen LogP) is 2.46. The molecule has 2 aromatic rings. The number of anilines is 2. The number of hydrogen-bond donors (Lipinski definition) is 3. The summed E-state index contributed by atoms with van der Waals surface area (Å²) in [5.74, 6) is -0.426. The van der Waals surface area contributed by atoms with Gasteiger partial charge in [0, 0.05) is 22.9 Å². The molecule has 1 aliphatic carbocycles. The lowest BCUT2D eigenvalue weighted by molar-refractivity contribution is -0.118. The summed E-state index contributed by atoms with van der Waals surface area (Å²) in [5.41, 5.74) is 7.64. The smallest absolute Gasteiger partial charge is 0.262 e. The van der Waals surface area contributed by atoms with Crippen LogP contribution in [-0.2, 0) is 9.59 Å². The molecule has 0 bridgehead atoms. The molecule has 0 atom stereocenters. The van der Waals surface area contributed by atoms with Crippen molar-refractivity contribution in [1.29, 1.82) is 0 Å². The normalized spacial score (nSPS) is 12.9. The fourth-order valence-electron chi connectivity index (χ4n) is 2.50. The Hall–Kier alpha value is -3.35. The molecule has 0 aromatic heterocycles. The molecule has 1 fully saturated rings. The van der Waals surface area contributed by atoms with Crippen LogP contribution < -0.4 is 21.1 Å². The van der Waals surface area contributed by atoms with Gasteiger partial charge in [-0.25, -0.2) is 0 Å². The van der Waals surface area contributed by atoms with Crippen molar-refractivity contribution in [2.75, 3.05) is 17.2 Å². The summed E-state index contributed by atoms with van der Waals surface area (Å²) >= 11 is 0. The van der Waals surface area contributed by atoms with Gasteiger partial charge in [-0.15, -0.1) is 0 Å². The maximum atomic E-state index is 12.2. The summed E-state index contributed by atoms with van der Waals surface area (Å²) in [5, 5.41) is 5.62. The Morgan fingerprint density at radius 1 is 1.11 bits per heavy atom. The Morgan fingerprint density at radius 3 is 2.59 bits per heavy atom. The highest BCUT2D eigenvalue weighted by Gasteiger charge is 2.29. The quantitative estimate of drug-likeness (QED) is 0.698. The van der Waals surface area contributed by atoms with Crippen LogP contribution >= 0.6 is 0 Å². The van der Waals surface area contributed by atoms with Gasteiger partial charge < -0.3 is 21.1 Å². The van der Waals surface area contributed by atoms with Gasteiger partial charge in [0.2, 0.25) is 11.8 Å². The molecule has 0 unspecified atom stereocenters. The highest BCUT2D eigenvalue weighted by Crippen LogP contribution is 2.30. The summed E-state index contributed by atoms with van der Waals surface area (Å²) in [6, 6.07) is 11.7. The van der Waals surface area contributed by atoms with E-state index in [2.05, 4.69) is 10.6 Å². The molecule has 7 nitrogen and oxygen atoms in total. The molecule has 1 aliphatic rings. The second kappa shape index (κ2) is 7.90. The van der Waals surface area contributed by atoms with Gasteiger partial charge in [-0.2, -0.15) is 0 Å². The standard InChI is InChI=1S/C20H21N3O4/c1-12-5-8-15(22-20(26)13-6-7-13)10-17(12)23-18(24)11-27-16-4-2-3-14(9-16)19(21)25/h2-5,8-10,13H,6-7,11H2,1H3,(H2,21,25)(H,22,26)(H,23,24). The van der Waals surface area contributed by atoms with E-state index in [-0.39, 0.29) is 24.3 Å². The molecule has 140 valence electrons. The van der Waals surface area contributed by atoms with E-state index in [9.17, 15) is 14.4 Å². The molecule has 3 rings (SSSR count). The molecule has 0 spiro atoms. The third kappa shape index (κ3) is 5.07. The van der Waals surface area contributed by atoms with Crippen molar-refractivity contribution in [3.8, 4) is 5.75 Å². The highest BCUT2D eigenvalue weighted by atomic mass is 16.5. The number of carbonyl (C=O) groups excluding carboxylic acids is 3. The lowest BCUT2D eigenvalue weighted by Gasteiger charge is -2.12. The number of nitrogens with two attached hydrogens (primary N) is 1. The molecule has 7 heteroatoms. The van der Waals surface area contributed by atoms with E-state index < -0.39 is 5.91 Å². The van der Waals surface area contributed by atoms with Crippen LogP contribution in [0.5, 0.6) is 5.75 Å². The minimum Gasteiger partial charge on any atom is -0.484 e. The van der Waals surface area contributed by atoms with Crippen LogP contribution in [0.15, 0.2) is 42.5 Å². The first-order valence-electron chi connectivity index (χ1n) is 8.66. The van der Waals surface area contributed by atoms with E-state index in [1.807, 2.05) is 13.0 Å². The Morgan fingerprint density at radius 2 is 1.89 bits per heavy atom. The van der Waals surface area contributed by atoms with Gasteiger partial charge in [0.25, 0.3) is 5.91 Å². The van der Waals surface area contributed by atoms with Gasteiger partial charge in [-0.1, -0.05) is 12.1 Å². The third-order valence-corrected chi connectivity index (χ3v) is 4.22. The molecule has 2 aromatic carbocycles. The van der Waals surface area contributed by atoms with Crippen LogP contribution in [-0.4, -0.2) is 24.3 Å². The number of primary amides is 1. The van der Waals surface area contributed by atoms with Gasteiger partial charge in [-0.05, 0) is 55.7 Å². The van der Waals surface area contributed by atoms with Crippen molar-refractivity contribution in [3.05, 3.63) is 53.6 Å². The maximum Gasteiger partial charge on any atom is 0.262 e. The van der Waals surface area contributed by atoms with Gasteiger partial charge in [0.15, 0.2) is 6.61 Å². The molecule has 0 heterocycles. The predicted molar refractivity (Wildman–Crippen MR) is 102 cm³/mol. The number of carbonyl (C=O) groups is 3. The molecule has 3 amide bonds. The monoisotopic (exact) mass is 367 g/mol. The largest absolute Gasteiger partial charge is 0.484 e.